The summed E-state index contributed by atoms with van der Waals surface area (Å²) < 4.78 is 14.1. The Morgan fingerprint density at radius 3 is 2.65 bits per heavy atom. The highest BCUT2D eigenvalue weighted by atomic mass is 19.1. The van der Waals surface area contributed by atoms with E-state index in [0.29, 0.717) is 5.69 Å². The summed E-state index contributed by atoms with van der Waals surface area (Å²) in [6.07, 6.45) is 1.65. The first-order valence-electron chi connectivity index (χ1n) is 7.05. The highest BCUT2D eigenvalue weighted by Crippen LogP contribution is 2.30. The van der Waals surface area contributed by atoms with Gasteiger partial charge in [-0.2, -0.15) is 0 Å². The number of hydrogen-bond acceptors (Lipinski definition) is 3. The Bertz CT molecular complexity index is 482. The third kappa shape index (κ3) is 3.28. The molecule has 1 saturated heterocycles. The molecule has 1 unspecified atom stereocenters. The third-order valence-electron chi connectivity index (χ3n) is 3.73. The molecule has 1 fully saturated rings. The number of piperidine rings is 1. The summed E-state index contributed by atoms with van der Waals surface area (Å²) in [6.45, 7) is 4.84. The standard InChI is InChI=1S/C15H22FN3O/c1-10(17)13-4-3-5-14(16)15(13)19-8-6-12(7-9-19)18-11(2)20/h3-5,10,12H,6-9,17H2,1-2H3,(H,18,20). The van der Waals surface area contributed by atoms with Gasteiger partial charge in [-0.3, -0.25) is 4.79 Å². The molecule has 4 nitrogen and oxygen atoms in total. The molecule has 1 atom stereocenters. The van der Waals surface area contributed by atoms with Crippen molar-refractivity contribution in [1.29, 1.82) is 0 Å². The zero-order valence-corrected chi connectivity index (χ0v) is 12.0. The van der Waals surface area contributed by atoms with Crippen LogP contribution in [0, 0.1) is 5.82 Å². The van der Waals surface area contributed by atoms with Gasteiger partial charge in [-0.25, -0.2) is 4.39 Å². The summed E-state index contributed by atoms with van der Waals surface area (Å²) in [5.74, 6) is -0.233. The Hall–Kier alpha value is -1.62. The lowest BCUT2D eigenvalue weighted by Gasteiger charge is -2.35. The molecule has 0 radical (unpaired) electrons. The van der Waals surface area contributed by atoms with Gasteiger partial charge < -0.3 is 16.0 Å². The van der Waals surface area contributed by atoms with Crippen molar-refractivity contribution >= 4 is 11.6 Å². The molecular formula is C15H22FN3O. The summed E-state index contributed by atoms with van der Waals surface area (Å²) in [5.41, 5.74) is 7.38. The van der Waals surface area contributed by atoms with E-state index in [9.17, 15) is 9.18 Å². The Labute approximate surface area is 119 Å². The maximum atomic E-state index is 14.1. The van der Waals surface area contributed by atoms with Crippen LogP contribution in [0.15, 0.2) is 18.2 Å². The minimum atomic E-state index is -0.224. The SMILES string of the molecule is CC(=O)NC1CCN(c2c(F)cccc2C(C)N)CC1. The molecule has 110 valence electrons. The molecule has 3 N–H and O–H groups in total. The average molecular weight is 279 g/mol. The number of para-hydroxylation sites is 1. The molecule has 2 rings (SSSR count). The summed E-state index contributed by atoms with van der Waals surface area (Å²) in [5, 5.41) is 2.92. The fourth-order valence-corrected chi connectivity index (χ4v) is 2.77. The van der Waals surface area contributed by atoms with Crippen molar-refractivity contribution in [1.82, 2.24) is 5.32 Å². The van der Waals surface area contributed by atoms with E-state index in [4.69, 9.17) is 5.73 Å². The summed E-state index contributed by atoms with van der Waals surface area (Å²) in [7, 11) is 0. The van der Waals surface area contributed by atoms with Gasteiger partial charge in [-0.1, -0.05) is 12.1 Å². The first-order valence-corrected chi connectivity index (χ1v) is 7.05. The molecule has 1 amide bonds. The van der Waals surface area contributed by atoms with E-state index in [1.807, 2.05) is 17.9 Å². The number of nitrogens with two attached hydrogens (primary N) is 1. The fraction of sp³-hybridized carbons (Fsp3) is 0.533. The number of rotatable bonds is 3. The van der Waals surface area contributed by atoms with Crippen LogP contribution in [0.25, 0.3) is 0 Å². The molecule has 1 aliphatic heterocycles. The normalized spacial score (nSPS) is 17.9. The van der Waals surface area contributed by atoms with Gasteiger partial charge in [0.1, 0.15) is 5.82 Å². The van der Waals surface area contributed by atoms with Crippen molar-refractivity contribution in [2.45, 2.75) is 38.8 Å². The van der Waals surface area contributed by atoms with E-state index in [0.717, 1.165) is 31.5 Å². The highest BCUT2D eigenvalue weighted by Gasteiger charge is 2.24. The largest absolute Gasteiger partial charge is 0.369 e. The molecule has 20 heavy (non-hydrogen) atoms. The van der Waals surface area contributed by atoms with Crippen molar-refractivity contribution in [2.75, 3.05) is 18.0 Å². The first-order chi connectivity index (χ1) is 9.49. The van der Waals surface area contributed by atoms with E-state index < -0.39 is 0 Å². The molecule has 0 spiro atoms. The third-order valence-corrected chi connectivity index (χ3v) is 3.73. The number of hydrogen-bond donors (Lipinski definition) is 2. The number of halogens is 1. The number of carbonyl (C=O) groups is 1. The number of amides is 1. The second-order valence-corrected chi connectivity index (χ2v) is 5.43. The van der Waals surface area contributed by atoms with Crippen LogP contribution in [0.1, 0.15) is 38.3 Å². The zero-order valence-electron chi connectivity index (χ0n) is 12.0. The lowest BCUT2D eigenvalue weighted by molar-refractivity contribution is -0.119. The lowest BCUT2D eigenvalue weighted by atomic mass is 10.0. The number of benzene rings is 1. The average Bonchev–Trinajstić information content (AvgIpc) is 2.39. The van der Waals surface area contributed by atoms with Gasteiger partial charge >= 0.3 is 0 Å². The predicted molar refractivity (Wildman–Crippen MR) is 78.1 cm³/mol. The Morgan fingerprint density at radius 1 is 1.45 bits per heavy atom. The van der Waals surface area contributed by atoms with E-state index in [-0.39, 0.29) is 23.8 Å². The van der Waals surface area contributed by atoms with Gasteiger partial charge in [-0.15, -0.1) is 0 Å². The van der Waals surface area contributed by atoms with Crippen molar-refractivity contribution < 1.29 is 9.18 Å². The maximum Gasteiger partial charge on any atom is 0.217 e. The quantitative estimate of drug-likeness (QED) is 0.889. The molecule has 5 heteroatoms. The van der Waals surface area contributed by atoms with Gasteiger partial charge in [0, 0.05) is 32.1 Å². The van der Waals surface area contributed by atoms with Gasteiger partial charge in [0.25, 0.3) is 0 Å². The molecule has 0 bridgehead atoms. The number of nitrogens with one attached hydrogen (secondary N) is 1. The van der Waals surface area contributed by atoms with E-state index in [1.165, 1.54) is 13.0 Å². The van der Waals surface area contributed by atoms with E-state index in [1.54, 1.807) is 6.07 Å². The van der Waals surface area contributed by atoms with Crippen molar-refractivity contribution in [2.24, 2.45) is 5.73 Å². The van der Waals surface area contributed by atoms with Crippen LogP contribution in [0.2, 0.25) is 0 Å². The minimum Gasteiger partial charge on any atom is -0.369 e. The van der Waals surface area contributed by atoms with Crippen LogP contribution in [0.4, 0.5) is 10.1 Å². The molecule has 0 saturated carbocycles. The Kier molecular flexibility index (Phi) is 4.60. The van der Waals surface area contributed by atoms with Gasteiger partial charge in [-0.05, 0) is 31.4 Å². The van der Waals surface area contributed by atoms with Crippen molar-refractivity contribution in [3.05, 3.63) is 29.6 Å². The van der Waals surface area contributed by atoms with Crippen LogP contribution in [-0.4, -0.2) is 25.0 Å². The zero-order chi connectivity index (χ0) is 14.7. The second-order valence-electron chi connectivity index (χ2n) is 5.43. The Balaban J connectivity index is 2.12. The maximum absolute atomic E-state index is 14.1. The number of anilines is 1. The summed E-state index contributed by atoms with van der Waals surface area (Å²) in [4.78, 5) is 13.1. The molecule has 1 aliphatic rings. The summed E-state index contributed by atoms with van der Waals surface area (Å²) >= 11 is 0. The summed E-state index contributed by atoms with van der Waals surface area (Å²) in [6, 6.07) is 5.04. The van der Waals surface area contributed by atoms with Gasteiger partial charge in [0.15, 0.2) is 0 Å². The molecule has 1 aromatic carbocycles. The first kappa shape index (κ1) is 14.8. The lowest BCUT2D eigenvalue weighted by Crippen LogP contribution is -2.44. The van der Waals surface area contributed by atoms with Crippen molar-refractivity contribution in [3.63, 3.8) is 0 Å². The van der Waals surface area contributed by atoms with Crippen LogP contribution in [0.3, 0.4) is 0 Å². The van der Waals surface area contributed by atoms with Crippen LogP contribution in [-0.2, 0) is 4.79 Å². The number of carbonyl (C=O) groups excluding carboxylic acids is 1. The van der Waals surface area contributed by atoms with E-state index >= 15 is 0 Å². The second kappa shape index (κ2) is 6.22. The highest BCUT2D eigenvalue weighted by molar-refractivity contribution is 5.73. The topological polar surface area (TPSA) is 58.4 Å². The van der Waals surface area contributed by atoms with Crippen LogP contribution >= 0.6 is 0 Å². The molecule has 1 heterocycles. The van der Waals surface area contributed by atoms with Crippen LogP contribution < -0.4 is 16.0 Å². The fourth-order valence-electron chi connectivity index (χ4n) is 2.77. The molecule has 0 aliphatic carbocycles. The minimum absolute atomic E-state index is 0.00869. The monoisotopic (exact) mass is 279 g/mol. The van der Waals surface area contributed by atoms with E-state index in [2.05, 4.69) is 5.32 Å². The van der Waals surface area contributed by atoms with Crippen LogP contribution in [0.5, 0.6) is 0 Å². The van der Waals surface area contributed by atoms with Gasteiger partial charge in [0.05, 0.1) is 5.69 Å². The predicted octanol–water partition coefficient (Wildman–Crippen LogP) is 1.95. The molecule has 1 aromatic rings. The molecular weight excluding hydrogens is 257 g/mol. The van der Waals surface area contributed by atoms with Crippen molar-refractivity contribution in [3.8, 4) is 0 Å². The smallest absolute Gasteiger partial charge is 0.217 e. The molecule has 0 aromatic heterocycles. The Morgan fingerprint density at radius 2 is 2.10 bits per heavy atom. The van der Waals surface area contributed by atoms with Gasteiger partial charge in [0.2, 0.25) is 5.91 Å². The number of nitrogens with zero attached hydrogens (tertiary/aromatic N) is 1.